The van der Waals surface area contributed by atoms with Crippen molar-refractivity contribution in [3.63, 3.8) is 0 Å². The van der Waals surface area contributed by atoms with Gasteiger partial charge in [0.2, 0.25) is 0 Å². The minimum atomic E-state index is -0.462. The van der Waals surface area contributed by atoms with Crippen LogP contribution in [-0.2, 0) is 4.74 Å². The van der Waals surface area contributed by atoms with E-state index in [1.54, 1.807) is 4.90 Å². The number of hydrogen-bond donors (Lipinski definition) is 1. The van der Waals surface area contributed by atoms with Crippen LogP contribution in [0.1, 0.15) is 72.0 Å². The van der Waals surface area contributed by atoms with Gasteiger partial charge in [0, 0.05) is 36.9 Å². The third-order valence-electron chi connectivity index (χ3n) is 5.80. The van der Waals surface area contributed by atoms with Crippen LogP contribution in [-0.4, -0.2) is 62.8 Å². The van der Waals surface area contributed by atoms with Gasteiger partial charge in [-0.15, -0.1) is 0 Å². The number of aromatic nitrogens is 2. The summed E-state index contributed by atoms with van der Waals surface area (Å²) in [5.41, 5.74) is 0.576. The van der Waals surface area contributed by atoms with Crippen molar-refractivity contribution in [2.24, 2.45) is 0 Å². The monoisotopic (exact) mass is 392 g/mol. The average molecular weight is 393 g/mol. The van der Waals surface area contributed by atoms with Gasteiger partial charge in [-0.25, -0.2) is 4.79 Å². The minimum Gasteiger partial charge on any atom is -0.444 e. The van der Waals surface area contributed by atoms with Crippen LogP contribution >= 0.6 is 0 Å². The fourth-order valence-corrected chi connectivity index (χ4v) is 4.39. The summed E-state index contributed by atoms with van der Waals surface area (Å²) in [4.78, 5) is 16.4. The highest BCUT2D eigenvalue weighted by Crippen LogP contribution is 2.34. The van der Waals surface area contributed by atoms with Gasteiger partial charge in [-0.2, -0.15) is 5.10 Å². The number of carbonyl (C=O) groups excluding carboxylic acids is 1. The topological polar surface area (TPSA) is 70.8 Å². The second-order valence-corrected chi connectivity index (χ2v) is 9.90. The van der Waals surface area contributed by atoms with Gasteiger partial charge in [-0.1, -0.05) is 0 Å². The number of piperidine rings is 2. The molecule has 7 nitrogen and oxygen atoms in total. The molecule has 2 saturated heterocycles. The first-order chi connectivity index (χ1) is 13.0. The molecule has 0 radical (unpaired) electrons. The van der Waals surface area contributed by atoms with Crippen molar-refractivity contribution >= 4 is 11.9 Å². The van der Waals surface area contributed by atoms with E-state index in [1.807, 2.05) is 20.8 Å². The van der Waals surface area contributed by atoms with Crippen LogP contribution in [0.15, 0.2) is 6.07 Å². The first-order valence-electron chi connectivity index (χ1n) is 10.5. The van der Waals surface area contributed by atoms with Gasteiger partial charge in [0.05, 0.1) is 12.1 Å². The van der Waals surface area contributed by atoms with Crippen LogP contribution < -0.4 is 4.90 Å². The van der Waals surface area contributed by atoms with Crippen molar-refractivity contribution in [1.29, 1.82) is 0 Å². The second kappa shape index (κ2) is 7.58. The van der Waals surface area contributed by atoms with Crippen LogP contribution in [0.2, 0.25) is 0 Å². The Morgan fingerprint density at radius 3 is 2.43 bits per heavy atom. The predicted molar refractivity (Wildman–Crippen MR) is 110 cm³/mol. The lowest BCUT2D eigenvalue weighted by Crippen LogP contribution is -2.52. The number of anilines is 1. The van der Waals surface area contributed by atoms with E-state index in [-0.39, 0.29) is 17.7 Å². The Hall–Kier alpha value is -1.76. The molecule has 1 unspecified atom stereocenters. The lowest BCUT2D eigenvalue weighted by Gasteiger charge is -2.44. The maximum atomic E-state index is 12.3. The minimum absolute atomic E-state index is 0.108. The second-order valence-electron chi connectivity index (χ2n) is 9.90. The summed E-state index contributed by atoms with van der Waals surface area (Å²) >= 11 is 0. The van der Waals surface area contributed by atoms with E-state index in [0.29, 0.717) is 19.1 Å². The van der Waals surface area contributed by atoms with Crippen molar-refractivity contribution in [3.05, 3.63) is 11.8 Å². The number of ether oxygens (including phenoxy) is 1. The zero-order valence-corrected chi connectivity index (χ0v) is 18.2. The fraction of sp³-hybridized carbons (Fsp3) is 0.810. The van der Waals surface area contributed by atoms with Crippen LogP contribution in [0, 0.1) is 6.92 Å². The Morgan fingerprint density at radius 2 is 1.86 bits per heavy atom. The molecule has 0 bridgehead atoms. The van der Waals surface area contributed by atoms with Crippen molar-refractivity contribution in [2.75, 3.05) is 24.5 Å². The smallest absolute Gasteiger partial charge is 0.410 e. The molecule has 28 heavy (non-hydrogen) atoms. The lowest BCUT2D eigenvalue weighted by molar-refractivity contribution is 0.0184. The van der Waals surface area contributed by atoms with Gasteiger partial charge in [0.1, 0.15) is 5.60 Å². The molecule has 2 fully saturated rings. The van der Waals surface area contributed by atoms with Gasteiger partial charge >= 0.3 is 6.09 Å². The highest BCUT2D eigenvalue weighted by molar-refractivity contribution is 5.68. The third kappa shape index (κ3) is 4.62. The van der Waals surface area contributed by atoms with Crippen LogP contribution in [0.25, 0.3) is 0 Å². The molecule has 3 rings (SSSR count). The van der Waals surface area contributed by atoms with E-state index in [0.717, 1.165) is 43.7 Å². The number of carbonyl (C=O) groups is 1. The lowest BCUT2D eigenvalue weighted by atomic mass is 9.88. The first kappa shape index (κ1) is 21.0. The SMILES string of the molecule is Cc1cc(N2CCC(O)CC2(C)C)nn1C1CCN(C(=O)OC(C)(C)C)CC1. The van der Waals surface area contributed by atoms with Crippen molar-refractivity contribution < 1.29 is 14.6 Å². The number of aliphatic hydroxyl groups excluding tert-OH is 1. The van der Waals surface area contributed by atoms with Gasteiger partial charge in [-0.05, 0) is 67.2 Å². The van der Waals surface area contributed by atoms with Gasteiger partial charge in [-0.3, -0.25) is 4.68 Å². The van der Waals surface area contributed by atoms with Crippen molar-refractivity contribution in [2.45, 2.75) is 90.5 Å². The average Bonchev–Trinajstić information content (AvgIpc) is 2.93. The van der Waals surface area contributed by atoms with E-state index < -0.39 is 5.60 Å². The zero-order valence-electron chi connectivity index (χ0n) is 18.2. The van der Waals surface area contributed by atoms with Gasteiger partial charge < -0.3 is 19.6 Å². The van der Waals surface area contributed by atoms with Crippen LogP contribution in [0.4, 0.5) is 10.6 Å². The maximum Gasteiger partial charge on any atom is 0.410 e. The largest absolute Gasteiger partial charge is 0.444 e. The quantitative estimate of drug-likeness (QED) is 0.834. The third-order valence-corrected chi connectivity index (χ3v) is 5.80. The summed E-state index contributed by atoms with van der Waals surface area (Å²) in [5, 5.41) is 15.0. The molecule has 7 heteroatoms. The Morgan fingerprint density at radius 1 is 1.21 bits per heavy atom. The molecule has 0 aromatic carbocycles. The molecule has 1 amide bonds. The molecule has 0 aliphatic carbocycles. The van der Waals surface area contributed by atoms with E-state index >= 15 is 0 Å². The normalized spacial score (nSPS) is 23.8. The molecule has 1 aromatic rings. The Kier molecular flexibility index (Phi) is 5.67. The molecule has 1 atom stereocenters. The van der Waals surface area contributed by atoms with Gasteiger partial charge in [0.25, 0.3) is 0 Å². The molecular weight excluding hydrogens is 356 g/mol. The molecule has 3 heterocycles. The molecule has 0 spiro atoms. The molecule has 158 valence electrons. The van der Waals surface area contributed by atoms with Gasteiger partial charge in [0.15, 0.2) is 5.82 Å². The number of aliphatic hydroxyl groups is 1. The van der Waals surface area contributed by atoms with Crippen LogP contribution in [0.5, 0.6) is 0 Å². The van der Waals surface area contributed by atoms with E-state index in [4.69, 9.17) is 9.84 Å². The summed E-state index contributed by atoms with van der Waals surface area (Å²) in [6.07, 6.45) is 2.84. The molecule has 2 aliphatic heterocycles. The summed E-state index contributed by atoms with van der Waals surface area (Å²) in [6, 6.07) is 2.45. The Bertz CT molecular complexity index is 699. The first-order valence-corrected chi connectivity index (χ1v) is 10.5. The molecule has 1 aromatic heterocycles. The molecule has 2 aliphatic rings. The summed E-state index contributed by atoms with van der Waals surface area (Å²) in [7, 11) is 0. The Balaban J connectivity index is 1.66. The number of aryl methyl sites for hydroxylation is 1. The van der Waals surface area contributed by atoms with E-state index in [1.165, 1.54) is 0 Å². The summed E-state index contributed by atoms with van der Waals surface area (Å²) in [6.45, 7) is 14.3. The maximum absolute atomic E-state index is 12.3. The number of likely N-dealkylation sites (tertiary alicyclic amines) is 1. The Labute approximate surface area is 168 Å². The number of amides is 1. The number of hydrogen-bond acceptors (Lipinski definition) is 5. The highest BCUT2D eigenvalue weighted by Gasteiger charge is 2.36. The zero-order chi connectivity index (χ0) is 20.7. The summed E-state index contributed by atoms with van der Waals surface area (Å²) < 4.78 is 7.62. The number of nitrogens with zero attached hydrogens (tertiary/aromatic N) is 4. The van der Waals surface area contributed by atoms with Crippen molar-refractivity contribution in [1.82, 2.24) is 14.7 Å². The van der Waals surface area contributed by atoms with E-state index in [9.17, 15) is 9.90 Å². The molecule has 1 N–H and O–H groups in total. The predicted octanol–water partition coefficient (Wildman–Crippen LogP) is 3.50. The van der Waals surface area contributed by atoms with Crippen LogP contribution in [0.3, 0.4) is 0 Å². The highest BCUT2D eigenvalue weighted by atomic mass is 16.6. The van der Waals surface area contributed by atoms with E-state index in [2.05, 4.69) is 36.4 Å². The molecule has 0 saturated carbocycles. The number of rotatable bonds is 2. The summed E-state index contributed by atoms with van der Waals surface area (Å²) in [5.74, 6) is 0.990. The molecular formula is C21H36N4O3. The standard InChI is InChI=1S/C21H36N4O3/c1-15-13-18(24-12-9-17(26)14-21(24,5)6)22-25(15)16-7-10-23(11-8-16)19(27)28-20(2,3)4/h13,16-17,26H,7-12,14H2,1-6H3. The van der Waals surface area contributed by atoms with Crippen molar-refractivity contribution in [3.8, 4) is 0 Å². The fourth-order valence-electron chi connectivity index (χ4n) is 4.39.